The molecule has 3 aromatic heterocycles. The van der Waals surface area contributed by atoms with Crippen LogP contribution < -0.4 is 11.1 Å². The van der Waals surface area contributed by atoms with Gasteiger partial charge in [-0.1, -0.05) is 31.6 Å². The Morgan fingerprint density at radius 3 is 2.65 bits per heavy atom. The molecule has 2 aliphatic heterocycles. The van der Waals surface area contributed by atoms with Gasteiger partial charge in [0.15, 0.2) is 0 Å². The average Bonchev–Trinajstić information content (AvgIpc) is 3.78. The molecule has 1 atom stereocenters. The summed E-state index contributed by atoms with van der Waals surface area (Å²) >= 11 is 0. The maximum absolute atomic E-state index is 13.3. The van der Waals surface area contributed by atoms with Gasteiger partial charge in [-0.15, -0.1) is 0 Å². The van der Waals surface area contributed by atoms with Crippen molar-refractivity contribution in [3.05, 3.63) is 84.1 Å². The zero-order chi connectivity index (χ0) is 29.8. The summed E-state index contributed by atoms with van der Waals surface area (Å²) in [6, 6.07) is 11.0. The third-order valence-electron chi connectivity index (χ3n) is 8.29. The Bertz CT molecular complexity index is 1640. The van der Waals surface area contributed by atoms with Gasteiger partial charge in [0.25, 0.3) is 5.91 Å². The van der Waals surface area contributed by atoms with Crippen molar-refractivity contribution in [1.82, 2.24) is 29.2 Å². The number of carbonyl (C=O) groups is 2. The Balaban J connectivity index is 1.24. The molecule has 43 heavy (non-hydrogen) atoms. The van der Waals surface area contributed by atoms with Crippen molar-refractivity contribution < 1.29 is 9.59 Å². The summed E-state index contributed by atoms with van der Waals surface area (Å²) in [6.07, 6.45) is 15.0. The molecule has 6 rings (SSSR count). The topological polar surface area (TPSA) is 122 Å². The largest absolute Gasteiger partial charge is 0.382 e. The summed E-state index contributed by atoms with van der Waals surface area (Å²) in [4.78, 5) is 44.2. The molecule has 0 saturated carbocycles. The molecule has 1 unspecified atom stereocenters. The monoisotopic (exact) mass is 578 g/mol. The van der Waals surface area contributed by atoms with Gasteiger partial charge in [0.05, 0.1) is 6.04 Å². The molecule has 10 heteroatoms. The lowest BCUT2D eigenvalue weighted by molar-refractivity contribution is -0.127. The minimum absolute atomic E-state index is 0.00658. The van der Waals surface area contributed by atoms with Crippen LogP contribution in [0.3, 0.4) is 0 Å². The molecule has 5 heterocycles. The Kier molecular flexibility index (Phi) is 8.46. The summed E-state index contributed by atoms with van der Waals surface area (Å²) in [5.41, 5.74) is 10.2. The van der Waals surface area contributed by atoms with Gasteiger partial charge in [0.2, 0.25) is 5.91 Å². The van der Waals surface area contributed by atoms with E-state index in [0.717, 1.165) is 62.3 Å². The van der Waals surface area contributed by atoms with E-state index in [1.165, 1.54) is 12.8 Å². The number of nitrogen functional groups attached to an aromatic ring is 1. The molecule has 2 aliphatic rings. The Hall–Kier alpha value is -4.57. The highest BCUT2D eigenvalue weighted by atomic mass is 16.2. The molecule has 0 bridgehead atoms. The molecule has 0 aliphatic carbocycles. The lowest BCUT2D eigenvalue weighted by Crippen LogP contribution is -2.30. The maximum atomic E-state index is 13.3. The summed E-state index contributed by atoms with van der Waals surface area (Å²) in [5.74, 6) is 1.43. The van der Waals surface area contributed by atoms with Crippen molar-refractivity contribution in [3.8, 4) is 11.3 Å². The van der Waals surface area contributed by atoms with Crippen LogP contribution in [-0.4, -0.2) is 67.1 Å². The second kappa shape index (κ2) is 12.7. The Morgan fingerprint density at radius 2 is 1.86 bits per heavy atom. The molecule has 2 amide bonds. The lowest BCUT2D eigenvalue weighted by atomic mass is 10.1. The van der Waals surface area contributed by atoms with Crippen LogP contribution in [0.4, 0.5) is 11.6 Å². The normalized spacial score (nSPS) is 17.3. The first-order valence-corrected chi connectivity index (χ1v) is 15.2. The van der Waals surface area contributed by atoms with Crippen LogP contribution in [0.2, 0.25) is 0 Å². The second-order valence-corrected chi connectivity index (χ2v) is 11.3. The summed E-state index contributed by atoms with van der Waals surface area (Å²) in [6.45, 7) is 5.80. The number of hydrogen-bond donors (Lipinski definition) is 2. The zero-order valence-corrected chi connectivity index (χ0v) is 24.6. The van der Waals surface area contributed by atoms with Crippen LogP contribution in [0.1, 0.15) is 66.8 Å². The van der Waals surface area contributed by atoms with Gasteiger partial charge in [-0.25, -0.2) is 15.0 Å². The molecule has 10 nitrogen and oxygen atoms in total. The number of nitrogens with two attached hydrogens (primary N) is 1. The van der Waals surface area contributed by atoms with Crippen LogP contribution in [-0.2, 0) is 11.2 Å². The van der Waals surface area contributed by atoms with Crippen LogP contribution >= 0.6 is 0 Å². The van der Waals surface area contributed by atoms with Crippen LogP contribution in [0, 0.1) is 0 Å². The van der Waals surface area contributed by atoms with Crippen molar-refractivity contribution in [2.24, 2.45) is 0 Å². The van der Waals surface area contributed by atoms with Gasteiger partial charge < -0.3 is 16.0 Å². The highest BCUT2D eigenvalue weighted by Gasteiger charge is 2.33. The Labute approximate surface area is 251 Å². The second-order valence-electron chi connectivity index (χ2n) is 11.3. The lowest BCUT2D eigenvalue weighted by Gasteiger charge is -2.22. The number of nitrogens with zero attached hydrogens (tertiary/aromatic N) is 6. The fourth-order valence-electron chi connectivity index (χ4n) is 6.14. The van der Waals surface area contributed by atoms with E-state index in [-0.39, 0.29) is 17.9 Å². The van der Waals surface area contributed by atoms with Crippen molar-refractivity contribution >= 4 is 29.0 Å². The Morgan fingerprint density at radius 1 is 1.05 bits per heavy atom. The number of likely N-dealkylation sites (tertiary alicyclic amines) is 2. The number of fused-ring (bicyclic) bond motifs is 1. The van der Waals surface area contributed by atoms with Crippen molar-refractivity contribution in [3.63, 3.8) is 0 Å². The number of benzene rings is 1. The smallest absolute Gasteiger partial charge is 0.256 e. The van der Waals surface area contributed by atoms with E-state index in [9.17, 15) is 9.59 Å². The van der Waals surface area contributed by atoms with Crippen LogP contribution in [0.5, 0.6) is 0 Å². The number of aromatic nitrogens is 4. The summed E-state index contributed by atoms with van der Waals surface area (Å²) in [7, 11) is 0. The van der Waals surface area contributed by atoms with Gasteiger partial charge in [-0.3, -0.25) is 18.9 Å². The standard InChI is InChI=1S/C33H38N8O2/c1-2-7-23-14-15-35-27(22-23)37-33(43)25-12-10-24(11-13-25)29-30-31(34)36-16-21-41(30)32(38-29)26-8-5-20-40(26)28(42)9-6-19-39-17-3-4-18-39/h6,9-16,21-22,26H,2-5,7-8,17-20H2,1H3,(H2,34,36)(H,35,37,43)/b9-6+. The van der Waals surface area contributed by atoms with Crippen molar-refractivity contribution in [2.45, 2.75) is 51.5 Å². The van der Waals surface area contributed by atoms with E-state index in [1.807, 2.05) is 45.8 Å². The third-order valence-corrected chi connectivity index (χ3v) is 8.29. The first-order valence-electron chi connectivity index (χ1n) is 15.2. The first-order chi connectivity index (χ1) is 21.0. The molecular weight excluding hydrogens is 540 g/mol. The fraction of sp³-hybridized carbons (Fsp3) is 0.364. The molecule has 4 aromatic rings. The van der Waals surface area contributed by atoms with E-state index < -0.39 is 0 Å². The summed E-state index contributed by atoms with van der Waals surface area (Å²) < 4.78 is 1.96. The summed E-state index contributed by atoms with van der Waals surface area (Å²) in [5, 5.41) is 2.90. The number of nitrogens with one attached hydrogen (secondary N) is 1. The van der Waals surface area contributed by atoms with E-state index in [1.54, 1.807) is 30.6 Å². The van der Waals surface area contributed by atoms with E-state index in [4.69, 9.17) is 10.7 Å². The molecule has 2 saturated heterocycles. The van der Waals surface area contributed by atoms with Crippen molar-refractivity contribution in [1.29, 1.82) is 0 Å². The highest BCUT2D eigenvalue weighted by molar-refractivity contribution is 6.04. The number of amides is 2. The number of imidazole rings is 1. The predicted octanol–water partition coefficient (Wildman–Crippen LogP) is 4.89. The molecule has 222 valence electrons. The predicted molar refractivity (Wildman–Crippen MR) is 168 cm³/mol. The maximum Gasteiger partial charge on any atom is 0.256 e. The number of pyridine rings is 1. The average molecular weight is 579 g/mol. The van der Waals surface area contributed by atoms with Gasteiger partial charge in [-0.2, -0.15) is 0 Å². The molecule has 1 aromatic carbocycles. The van der Waals surface area contributed by atoms with E-state index in [2.05, 4.69) is 27.1 Å². The molecule has 0 spiro atoms. The van der Waals surface area contributed by atoms with E-state index >= 15 is 0 Å². The van der Waals surface area contributed by atoms with Gasteiger partial charge in [0, 0.05) is 48.9 Å². The molecule has 3 N–H and O–H groups in total. The number of carbonyl (C=O) groups excluding carboxylic acids is 2. The zero-order valence-electron chi connectivity index (χ0n) is 24.6. The van der Waals surface area contributed by atoms with Crippen LogP contribution in [0.25, 0.3) is 16.8 Å². The first kappa shape index (κ1) is 28.5. The number of rotatable bonds is 9. The van der Waals surface area contributed by atoms with Gasteiger partial charge >= 0.3 is 0 Å². The number of aryl methyl sites for hydroxylation is 1. The number of hydrogen-bond acceptors (Lipinski definition) is 7. The molecule has 2 fully saturated rings. The quantitative estimate of drug-likeness (QED) is 0.271. The van der Waals surface area contributed by atoms with Crippen molar-refractivity contribution in [2.75, 3.05) is 37.2 Å². The highest BCUT2D eigenvalue weighted by Crippen LogP contribution is 2.36. The fourth-order valence-corrected chi connectivity index (χ4v) is 6.14. The minimum Gasteiger partial charge on any atom is -0.382 e. The van der Waals surface area contributed by atoms with Gasteiger partial charge in [-0.05, 0) is 75.0 Å². The van der Waals surface area contributed by atoms with Gasteiger partial charge in [0.1, 0.15) is 28.7 Å². The molecule has 0 radical (unpaired) electrons. The third kappa shape index (κ3) is 6.15. The number of anilines is 2. The molecular formula is C33H38N8O2. The van der Waals surface area contributed by atoms with Crippen LogP contribution in [0.15, 0.2) is 67.1 Å². The SMILES string of the molecule is CCCc1ccnc(NC(=O)c2ccc(-c3nc(C4CCCN4C(=O)/C=C/CN4CCCC4)n4ccnc(N)c34)cc2)c1. The minimum atomic E-state index is -0.234. The van der Waals surface area contributed by atoms with E-state index in [0.29, 0.717) is 35.0 Å².